The van der Waals surface area contributed by atoms with Crippen molar-refractivity contribution in [1.82, 2.24) is 10.2 Å². The van der Waals surface area contributed by atoms with Crippen molar-refractivity contribution in [2.75, 3.05) is 20.3 Å². The Morgan fingerprint density at radius 1 is 1.38 bits per heavy atom. The largest absolute Gasteiger partial charge is 0.385 e. The third-order valence-corrected chi connectivity index (χ3v) is 3.65. The molecule has 1 aromatic rings. The number of nitrogens with zero attached hydrogens (tertiary/aromatic N) is 1. The van der Waals surface area contributed by atoms with Crippen molar-refractivity contribution in [3.05, 3.63) is 35.9 Å². The summed E-state index contributed by atoms with van der Waals surface area (Å²) in [5, 5.41) is 2.88. The van der Waals surface area contributed by atoms with E-state index in [4.69, 9.17) is 4.74 Å². The molecule has 1 saturated heterocycles. The fourth-order valence-electron chi connectivity index (χ4n) is 2.53. The van der Waals surface area contributed by atoms with Crippen LogP contribution in [0.25, 0.3) is 0 Å². The van der Waals surface area contributed by atoms with E-state index >= 15 is 0 Å². The maximum absolute atomic E-state index is 12.2. The van der Waals surface area contributed by atoms with Crippen LogP contribution in [0.4, 0.5) is 0 Å². The molecule has 0 aromatic heterocycles. The first-order chi connectivity index (χ1) is 10.2. The monoisotopic (exact) mass is 290 g/mol. The molecular formula is C16H22N2O3. The van der Waals surface area contributed by atoms with E-state index in [1.807, 2.05) is 30.3 Å². The normalized spacial score (nSPS) is 18.0. The van der Waals surface area contributed by atoms with Gasteiger partial charge < -0.3 is 15.0 Å². The van der Waals surface area contributed by atoms with Gasteiger partial charge in [-0.05, 0) is 18.4 Å². The Balaban J connectivity index is 1.91. The highest BCUT2D eigenvalue weighted by atomic mass is 16.5. The highest BCUT2D eigenvalue weighted by molar-refractivity contribution is 5.90. The van der Waals surface area contributed by atoms with Crippen LogP contribution in [-0.4, -0.2) is 43.0 Å². The van der Waals surface area contributed by atoms with E-state index in [2.05, 4.69) is 5.32 Å². The second-order valence-corrected chi connectivity index (χ2v) is 5.20. The van der Waals surface area contributed by atoms with E-state index in [-0.39, 0.29) is 17.9 Å². The first-order valence-electron chi connectivity index (χ1n) is 7.32. The van der Waals surface area contributed by atoms with Crippen molar-refractivity contribution in [3.63, 3.8) is 0 Å². The summed E-state index contributed by atoms with van der Waals surface area (Å²) in [5.41, 5.74) is 1.05. The molecule has 114 valence electrons. The maximum Gasteiger partial charge on any atom is 0.242 e. The predicted molar refractivity (Wildman–Crippen MR) is 79.5 cm³/mol. The lowest BCUT2D eigenvalue weighted by Crippen LogP contribution is -2.44. The molecule has 5 nitrogen and oxygen atoms in total. The number of ether oxygens (including phenoxy) is 1. The summed E-state index contributed by atoms with van der Waals surface area (Å²) in [6.07, 6.45) is 1.83. The smallest absolute Gasteiger partial charge is 0.242 e. The van der Waals surface area contributed by atoms with Crippen LogP contribution >= 0.6 is 0 Å². The van der Waals surface area contributed by atoms with Crippen molar-refractivity contribution in [2.45, 2.75) is 31.8 Å². The lowest BCUT2D eigenvalue weighted by atomic mass is 10.1. The first-order valence-corrected chi connectivity index (χ1v) is 7.32. The Morgan fingerprint density at radius 2 is 2.14 bits per heavy atom. The highest BCUT2D eigenvalue weighted by Crippen LogP contribution is 2.21. The van der Waals surface area contributed by atoms with Gasteiger partial charge in [0.05, 0.1) is 0 Å². The summed E-state index contributed by atoms with van der Waals surface area (Å²) in [6.45, 7) is 1.70. The van der Waals surface area contributed by atoms with Gasteiger partial charge in [-0.1, -0.05) is 30.3 Å². The van der Waals surface area contributed by atoms with E-state index in [1.165, 1.54) is 0 Å². The molecule has 1 aromatic carbocycles. The van der Waals surface area contributed by atoms with Crippen molar-refractivity contribution < 1.29 is 14.3 Å². The number of nitrogens with one attached hydrogen (secondary N) is 1. The van der Waals surface area contributed by atoms with Crippen LogP contribution in [0.1, 0.15) is 24.8 Å². The summed E-state index contributed by atoms with van der Waals surface area (Å²) in [5.74, 6) is -0.0104. The van der Waals surface area contributed by atoms with Gasteiger partial charge in [-0.25, -0.2) is 0 Å². The van der Waals surface area contributed by atoms with Gasteiger partial charge in [0.15, 0.2) is 0 Å². The highest BCUT2D eigenvalue weighted by Gasteiger charge is 2.35. The lowest BCUT2D eigenvalue weighted by Gasteiger charge is -2.24. The summed E-state index contributed by atoms with van der Waals surface area (Å²) < 4.78 is 4.95. The van der Waals surface area contributed by atoms with Gasteiger partial charge in [0.25, 0.3) is 0 Å². The molecule has 21 heavy (non-hydrogen) atoms. The molecule has 0 aliphatic carbocycles. The van der Waals surface area contributed by atoms with Gasteiger partial charge in [0, 0.05) is 33.2 Å². The second-order valence-electron chi connectivity index (χ2n) is 5.20. The Hall–Kier alpha value is -1.88. The van der Waals surface area contributed by atoms with E-state index < -0.39 is 0 Å². The molecule has 1 heterocycles. The zero-order chi connectivity index (χ0) is 15.1. The topological polar surface area (TPSA) is 58.6 Å². The molecule has 1 atom stereocenters. The Labute approximate surface area is 125 Å². The SMILES string of the molecule is COCCCNC(=O)C1CCC(=O)N1Cc1ccccc1. The van der Waals surface area contributed by atoms with Gasteiger partial charge in [0.2, 0.25) is 11.8 Å². The van der Waals surface area contributed by atoms with Crippen LogP contribution in [0.2, 0.25) is 0 Å². The van der Waals surface area contributed by atoms with Gasteiger partial charge in [0.1, 0.15) is 6.04 Å². The molecule has 5 heteroatoms. The molecule has 1 fully saturated rings. The maximum atomic E-state index is 12.2. The molecule has 1 aliphatic heterocycles. The minimum atomic E-state index is -0.347. The van der Waals surface area contributed by atoms with Crippen LogP contribution in [0.15, 0.2) is 30.3 Å². The molecule has 0 spiro atoms. The van der Waals surface area contributed by atoms with Crippen LogP contribution in [-0.2, 0) is 20.9 Å². The van der Waals surface area contributed by atoms with Gasteiger partial charge in [-0.3, -0.25) is 9.59 Å². The molecule has 1 aliphatic rings. The van der Waals surface area contributed by atoms with Crippen molar-refractivity contribution in [3.8, 4) is 0 Å². The van der Waals surface area contributed by atoms with E-state index in [9.17, 15) is 9.59 Å². The average Bonchev–Trinajstić information content (AvgIpc) is 2.86. The predicted octanol–water partition coefficient (Wildman–Crippen LogP) is 1.33. The molecular weight excluding hydrogens is 268 g/mol. The van der Waals surface area contributed by atoms with Gasteiger partial charge in [-0.15, -0.1) is 0 Å². The van der Waals surface area contributed by atoms with Crippen molar-refractivity contribution in [2.24, 2.45) is 0 Å². The fraction of sp³-hybridized carbons (Fsp3) is 0.500. The quantitative estimate of drug-likeness (QED) is 0.771. The number of hydrogen-bond donors (Lipinski definition) is 1. The summed E-state index contributed by atoms with van der Waals surface area (Å²) in [7, 11) is 1.64. The standard InChI is InChI=1S/C16H22N2O3/c1-21-11-5-10-17-16(20)14-8-9-15(19)18(14)12-13-6-3-2-4-7-13/h2-4,6-7,14H,5,8-12H2,1H3,(H,17,20). The molecule has 1 N–H and O–H groups in total. The van der Waals surface area contributed by atoms with Crippen LogP contribution < -0.4 is 5.32 Å². The van der Waals surface area contributed by atoms with Gasteiger partial charge >= 0.3 is 0 Å². The number of amides is 2. The number of benzene rings is 1. The molecule has 1 unspecified atom stereocenters. The van der Waals surface area contributed by atoms with Crippen LogP contribution in [0.5, 0.6) is 0 Å². The molecule has 0 radical (unpaired) electrons. The minimum absolute atomic E-state index is 0.0518. The summed E-state index contributed by atoms with van der Waals surface area (Å²) in [4.78, 5) is 25.9. The second kappa shape index (κ2) is 7.78. The van der Waals surface area contributed by atoms with Crippen LogP contribution in [0, 0.1) is 0 Å². The third kappa shape index (κ3) is 4.29. The van der Waals surface area contributed by atoms with Crippen LogP contribution in [0.3, 0.4) is 0 Å². The fourth-order valence-corrected chi connectivity index (χ4v) is 2.53. The summed E-state index contributed by atoms with van der Waals surface area (Å²) in [6, 6.07) is 9.42. The average molecular weight is 290 g/mol. The first kappa shape index (κ1) is 15.5. The molecule has 0 saturated carbocycles. The van der Waals surface area contributed by atoms with E-state index in [1.54, 1.807) is 12.0 Å². The van der Waals surface area contributed by atoms with Crippen molar-refractivity contribution >= 4 is 11.8 Å². The summed E-state index contributed by atoms with van der Waals surface area (Å²) >= 11 is 0. The number of rotatable bonds is 7. The minimum Gasteiger partial charge on any atom is -0.385 e. The number of methoxy groups -OCH3 is 1. The number of hydrogen-bond acceptors (Lipinski definition) is 3. The number of likely N-dealkylation sites (tertiary alicyclic amines) is 1. The molecule has 0 bridgehead atoms. The van der Waals surface area contributed by atoms with Gasteiger partial charge in [-0.2, -0.15) is 0 Å². The Kier molecular flexibility index (Phi) is 5.75. The van der Waals surface area contributed by atoms with E-state index in [0.717, 1.165) is 12.0 Å². The zero-order valence-corrected chi connectivity index (χ0v) is 12.4. The number of carbonyl (C=O) groups is 2. The Bertz CT molecular complexity index is 476. The zero-order valence-electron chi connectivity index (χ0n) is 12.4. The molecule has 2 amide bonds. The molecule has 2 rings (SSSR count). The third-order valence-electron chi connectivity index (χ3n) is 3.65. The number of carbonyl (C=O) groups excluding carboxylic acids is 2. The Morgan fingerprint density at radius 3 is 2.86 bits per heavy atom. The lowest BCUT2D eigenvalue weighted by molar-refractivity contribution is -0.135. The van der Waals surface area contributed by atoms with Crippen molar-refractivity contribution in [1.29, 1.82) is 0 Å². The van der Waals surface area contributed by atoms with E-state index in [0.29, 0.717) is 32.5 Å².